The molecule has 0 aliphatic carbocycles. The van der Waals surface area contributed by atoms with E-state index in [9.17, 15) is 4.79 Å². The van der Waals surface area contributed by atoms with Gasteiger partial charge in [-0.3, -0.25) is 4.79 Å². The van der Waals surface area contributed by atoms with Crippen molar-refractivity contribution >= 4 is 11.9 Å². The summed E-state index contributed by atoms with van der Waals surface area (Å²) in [7, 11) is 5.22. The molecule has 1 fully saturated rings. The first kappa shape index (κ1) is 24.0. The number of rotatable bonds is 10. The molecule has 1 aliphatic rings. The minimum atomic E-state index is 0.0170. The van der Waals surface area contributed by atoms with Gasteiger partial charge in [0.2, 0.25) is 5.91 Å². The molecule has 1 aromatic rings. The normalized spacial score (nSPS) is 16.8. The third-order valence-corrected chi connectivity index (χ3v) is 5.71. The smallest absolute Gasteiger partial charge is 0.243 e. The van der Waals surface area contributed by atoms with Crippen molar-refractivity contribution < 1.29 is 9.53 Å². The van der Waals surface area contributed by atoms with Crippen LogP contribution in [0.15, 0.2) is 29.3 Å². The van der Waals surface area contributed by atoms with Crippen LogP contribution < -0.4 is 10.1 Å². The number of carbonyl (C=O) groups excluding carboxylic acids is 1. The zero-order valence-electron chi connectivity index (χ0n) is 19.4. The number of aliphatic imine (C=N–C) groups is 1. The summed E-state index contributed by atoms with van der Waals surface area (Å²) in [5, 5.41) is 3.50. The third kappa shape index (κ3) is 7.52. The molecule has 1 aliphatic heterocycles. The van der Waals surface area contributed by atoms with Crippen molar-refractivity contribution in [3.8, 4) is 5.75 Å². The zero-order chi connectivity index (χ0) is 21.9. The van der Waals surface area contributed by atoms with Crippen LogP contribution in [-0.4, -0.2) is 93.6 Å². The number of guanidine groups is 1. The van der Waals surface area contributed by atoms with Crippen LogP contribution in [-0.2, 0) is 11.2 Å². The fourth-order valence-electron chi connectivity index (χ4n) is 3.68. The van der Waals surface area contributed by atoms with E-state index in [0.29, 0.717) is 5.92 Å². The summed E-state index contributed by atoms with van der Waals surface area (Å²) in [6.07, 6.45) is 2.05. The van der Waals surface area contributed by atoms with Crippen molar-refractivity contribution in [3.05, 3.63) is 29.8 Å². The Balaban J connectivity index is 1.96. The fraction of sp³-hybridized carbons (Fsp3) is 0.652. The number of carbonyl (C=O) groups is 1. The van der Waals surface area contributed by atoms with Crippen LogP contribution >= 0.6 is 0 Å². The average molecular weight is 418 g/mol. The maximum Gasteiger partial charge on any atom is 0.243 e. The van der Waals surface area contributed by atoms with Gasteiger partial charge in [0.25, 0.3) is 0 Å². The molecule has 1 heterocycles. The Morgan fingerprint density at radius 1 is 1.23 bits per heavy atom. The van der Waals surface area contributed by atoms with Crippen molar-refractivity contribution in [2.45, 2.75) is 26.7 Å². The maximum absolute atomic E-state index is 12.1. The van der Waals surface area contributed by atoms with E-state index in [1.54, 1.807) is 26.1 Å². The highest BCUT2D eigenvalue weighted by atomic mass is 16.5. The maximum atomic E-state index is 12.1. The summed E-state index contributed by atoms with van der Waals surface area (Å²) >= 11 is 0. The lowest BCUT2D eigenvalue weighted by atomic mass is 10.1. The fourth-order valence-corrected chi connectivity index (χ4v) is 3.68. The minimum absolute atomic E-state index is 0.0170. The zero-order valence-corrected chi connectivity index (χ0v) is 19.4. The molecular weight excluding hydrogens is 378 g/mol. The van der Waals surface area contributed by atoms with Gasteiger partial charge in [0.15, 0.2) is 5.96 Å². The molecule has 0 radical (unpaired) electrons. The van der Waals surface area contributed by atoms with Gasteiger partial charge < -0.3 is 24.8 Å². The molecule has 2 rings (SSSR count). The van der Waals surface area contributed by atoms with Crippen LogP contribution in [0.3, 0.4) is 0 Å². The molecule has 0 saturated carbocycles. The number of benzene rings is 1. The van der Waals surface area contributed by atoms with Crippen LogP contribution in [0.25, 0.3) is 0 Å². The van der Waals surface area contributed by atoms with Crippen LogP contribution in [0, 0.1) is 5.92 Å². The Morgan fingerprint density at radius 3 is 2.53 bits per heavy atom. The molecule has 1 saturated heterocycles. The molecule has 0 spiro atoms. The lowest BCUT2D eigenvalue weighted by Gasteiger charge is -2.25. The summed E-state index contributed by atoms with van der Waals surface area (Å²) in [6.45, 7) is 10.7. The van der Waals surface area contributed by atoms with E-state index in [2.05, 4.69) is 46.1 Å². The first-order valence-electron chi connectivity index (χ1n) is 11.1. The number of hydrogen-bond acceptors (Lipinski definition) is 4. The number of likely N-dealkylation sites (N-methyl/N-ethyl adjacent to an activating group) is 1. The number of nitrogens with one attached hydrogen (secondary N) is 1. The van der Waals surface area contributed by atoms with Crippen molar-refractivity contribution in [2.24, 2.45) is 10.9 Å². The summed E-state index contributed by atoms with van der Waals surface area (Å²) in [5.41, 5.74) is 1.24. The van der Waals surface area contributed by atoms with Gasteiger partial charge in [-0.25, -0.2) is 4.99 Å². The van der Waals surface area contributed by atoms with Gasteiger partial charge in [0, 0.05) is 40.3 Å². The lowest BCUT2D eigenvalue weighted by Crippen LogP contribution is -2.42. The minimum Gasteiger partial charge on any atom is -0.497 e. The molecule has 0 aromatic heterocycles. The summed E-state index contributed by atoms with van der Waals surface area (Å²) in [5.74, 6) is 2.37. The quantitative estimate of drug-likeness (QED) is 0.466. The monoisotopic (exact) mass is 417 g/mol. The SMILES string of the molecule is CCN(CC)CC1CCN(C(=NCC(=O)N(C)C)NCCc2ccc(OC)cc2)C1. The molecule has 30 heavy (non-hydrogen) atoms. The molecule has 168 valence electrons. The van der Waals surface area contributed by atoms with E-state index in [1.807, 2.05) is 12.1 Å². The van der Waals surface area contributed by atoms with E-state index in [4.69, 9.17) is 4.74 Å². The molecule has 1 N–H and O–H groups in total. The Morgan fingerprint density at radius 2 is 1.93 bits per heavy atom. The van der Waals surface area contributed by atoms with Gasteiger partial charge in [-0.2, -0.15) is 0 Å². The first-order valence-corrected chi connectivity index (χ1v) is 11.1. The van der Waals surface area contributed by atoms with Crippen LogP contribution in [0.4, 0.5) is 0 Å². The third-order valence-electron chi connectivity index (χ3n) is 5.71. The van der Waals surface area contributed by atoms with Gasteiger partial charge >= 0.3 is 0 Å². The van der Waals surface area contributed by atoms with Crippen LogP contribution in [0.1, 0.15) is 25.8 Å². The van der Waals surface area contributed by atoms with Crippen molar-refractivity contribution in [3.63, 3.8) is 0 Å². The lowest BCUT2D eigenvalue weighted by molar-refractivity contribution is -0.127. The Bertz CT molecular complexity index is 671. The number of hydrogen-bond donors (Lipinski definition) is 1. The molecule has 1 aromatic carbocycles. The molecule has 1 unspecified atom stereocenters. The topological polar surface area (TPSA) is 60.4 Å². The summed E-state index contributed by atoms with van der Waals surface area (Å²) < 4.78 is 5.23. The average Bonchev–Trinajstić information content (AvgIpc) is 3.22. The van der Waals surface area contributed by atoms with Crippen LogP contribution in [0.5, 0.6) is 5.75 Å². The molecule has 1 amide bonds. The standard InChI is InChI=1S/C23H39N5O2/c1-6-27(7-2)17-20-13-15-28(18-20)23(25-16-22(29)26(3)4)24-14-12-19-8-10-21(30-5)11-9-19/h8-11,20H,6-7,12-18H2,1-5H3,(H,24,25). The number of amides is 1. The number of likely N-dealkylation sites (tertiary alicyclic amines) is 1. The highest BCUT2D eigenvalue weighted by Gasteiger charge is 2.26. The van der Waals surface area contributed by atoms with E-state index in [-0.39, 0.29) is 12.5 Å². The van der Waals surface area contributed by atoms with Crippen LogP contribution in [0.2, 0.25) is 0 Å². The van der Waals surface area contributed by atoms with Crippen molar-refractivity contribution in [1.82, 2.24) is 20.0 Å². The second-order valence-electron chi connectivity index (χ2n) is 8.04. The Kier molecular flexibility index (Phi) is 9.94. The predicted molar refractivity (Wildman–Crippen MR) is 123 cm³/mol. The summed E-state index contributed by atoms with van der Waals surface area (Å²) in [4.78, 5) is 23.1. The predicted octanol–water partition coefficient (Wildman–Crippen LogP) is 1.94. The molecule has 0 bridgehead atoms. The summed E-state index contributed by atoms with van der Waals surface area (Å²) in [6, 6.07) is 8.14. The number of nitrogens with zero attached hydrogens (tertiary/aromatic N) is 4. The highest BCUT2D eigenvalue weighted by Crippen LogP contribution is 2.18. The number of methoxy groups -OCH3 is 1. The number of ether oxygens (including phenoxy) is 1. The van der Waals surface area contributed by atoms with Crippen molar-refractivity contribution in [1.29, 1.82) is 0 Å². The molecule has 7 heteroatoms. The first-order chi connectivity index (χ1) is 14.5. The molecule has 1 atom stereocenters. The second kappa shape index (κ2) is 12.4. The molecular formula is C23H39N5O2. The molecule has 7 nitrogen and oxygen atoms in total. The van der Waals surface area contributed by atoms with E-state index >= 15 is 0 Å². The largest absolute Gasteiger partial charge is 0.497 e. The van der Waals surface area contributed by atoms with Gasteiger partial charge in [-0.15, -0.1) is 0 Å². The van der Waals surface area contributed by atoms with Gasteiger partial charge in [0.1, 0.15) is 12.3 Å². The van der Waals surface area contributed by atoms with Gasteiger partial charge in [-0.1, -0.05) is 26.0 Å². The Hall–Kier alpha value is -2.28. The second-order valence-corrected chi connectivity index (χ2v) is 8.04. The van der Waals surface area contributed by atoms with E-state index < -0.39 is 0 Å². The van der Waals surface area contributed by atoms with E-state index in [1.165, 1.54) is 5.56 Å². The Labute approximate surface area is 182 Å². The highest BCUT2D eigenvalue weighted by molar-refractivity contribution is 5.85. The van der Waals surface area contributed by atoms with Gasteiger partial charge in [-0.05, 0) is 49.5 Å². The van der Waals surface area contributed by atoms with E-state index in [0.717, 1.165) is 63.8 Å². The van der Waals surface area contributed by atoms with Crippen molar-refractivity contribution in [2.75, 3.05) is 67.0 Å². The van der Waals surface area contributed by atoms with Gasteiger partial charge in [0.05, 0.1) is 7.11 Å².